The van der Waals surface area contributed by atoms with Crippen LogP contribution >= 0.6 is 12.0 Å². The van der Waals surface area contributed by atoms with Crippen LogP contribution in [0.3, 0.4) is 0 Å². The number of aryl methyl sites for hydroxylation is 1. The van der Waals surface area contributed by atoms with Gasteiger partial charge >= 0.3 is 0 Å². The molecule has 1 N–H and O–H groups in total. The highest BCUT2D eigenvalue weighted by Gasteiger charge is 2.03. The Bertz CT molecular complexity index is 573. The van der Waals surface area contributed by atoms with Crippen LogP contribution in [-0.2, 0) is 0 Å². The van der Waals surface area contributed by atoms with Crippen molar-refractivity contribution in [1.82, 2.24) is 0 Å². The summed E-state index contributed by atoms with van der Waals surface area (Å²) in [6.45, 7) is 4.12. The molecule has 0 atom stereocenters. The lowest BCUT2D eigenvalue weighted by molar-refractivity contribution is 0.664. The summed E-state index contributed by atoms with van der Waals surface area (Å²) in [5, 5.41) is 0. The first kappa shape index (κ1) is 12.9. The van der Waals surface area contributed by atoms with Crippen molar-refractivity contribution in [2.24, 2.45) is 0 Å². The lowest BCUT2D eigenvalue weighted by atomic mass is 9.98. The molecular weight excluding hydrogens is 240 g/mol. The van der Waals surface area contributed by atoms with Gasteiger partial charge in [-0.3, -0.25) is 0 Å². The molecule has 0 aliphatic carbocycles. The average molecular weight is 256 g/mol. The second-order valence-corrected chi connectivity index (χ2v) is 4.85. The summed E-state index contributed by atoms with van der Waals surface area (Å²) in [5.41, 5.74) is 4.78. The molecule has 2 rings (SSSR count). The van der Waals surface area contributed by atoms with Gasteiger partial charge in [0.2, 0.25) is 0 Å². The minimum absolute atomic E-state index is 0.784. The SMILES string of the molecule is C/C=C/c1ccc(C)c(-c2cccc(SO)c2)c1. The van der Waals surface area contributed by atoms with Gasteiger partial charge in [0.25, 0.3) is 0 Å². The Morgan fingerprint density at radius 2 is 1.94 bits per heavy atom. The van der Waals surface area contributed by atoms with Gasteiger partial charge in [-0.15, -0.1) is 0 Å². The average Bonchev–Trinajstić information content (AvgIpc) is 2.41. The molecule has 0 bridgehead atoms. The highest BCUT2D eigenvalue weighted by atomic mass is 32.2. The van der Waals surface area contributed by atoms with Crippen LogP contribution in [0.1, 0.15) is 18.1 Å². The van der Waals surface area contributed by atoms with Gasteiger partial charge in [-0.2, -0.15) is 0 Å². The summed E-state index contributed by atoms with van der Waals surface area (Å²) in [6.07, 6.45) is 4.13. The Morgan fingerprint density at radius 3 is 2.67 bits per heavy atom. The third-order valence-electron chi connectivity index (χ3n) is 2.87. The first-order chi connectivity index (χ1) is 8.74. The molecule has 0 heterocycles. The molecule has 0 radical (unpaired) electrons. The van der Waals surface area contributed by atoms with Gasteiger partial charge in [0.05, 0.1) is 0 Å². The first-order valence-electron chi connectivity index (χ1n) is 5.90. The first-order valence-corrected chi connectivity index (χ1v) is 6.67. The van der Waals surface area contributed by atoms with Crippen LogP contribution in [-0.4, -0.2) is 4.55 Å². The molecule has 0 saturated heterocycles. The van der Waals surface area contributed by atoms with E-state index >= 15 is 0 Å². The number of rotatable bonds is 3. The van der Waals surface area contributed by atoms with Crippen molar-refractivity contribution in [3.63, 3.8) is 0 Å². The number of allylic oxidation sites excluding steroid dienone is 1. The Morgan fingerprint density at radius 1 is 1.11 bits per heavy atom. The van der Waals surface area contributed by atoms with Crippen molar-refractivity contribution >= 4 is 18.1 Å². The molecule has 0 fully saturated rings. The normalized spacial score (nSPS) is 11.1. The van der Waals surface area contributed by atoms with Gasteiger partial charge in [0.15, 0.2) is 0 Å². The van der Waals surface area contributed by atoms with E-state index in [0.717, 1.165) is 22.5 Å². The fraction of sp³-hybridized carbons (Fsp3) is 0.125. The van der Waals surface area contributed by atoms with Crippen LogP contribution in [0, 0.1) is 6.92 Å². The second-order valence-electron chi connectivity index (χ2n) is 4.19. The van der Waals surface area contributed by atoms with Gasteiger partial charge in [-0.25, -0.2) is 0 Å². The van der Waals surface area contributed by atoms with Gasteiger partial charge in [-0.05, 0) is 54.3 Å². The molecule has 0 amide bonds. The van der Waals surface area contributed by atoms with Crippen LogP contribution in [0.2, 0.25) is 0 Å². The van der Waals surface area contributed by atoms with Gasteiger partial charge < -0.3 is 4.55 Å². The molecule has 92 valence electrons. The Balaban J connectivity index is 2.51. The monoisotopic (exact) mass is 256 g/mol. The summed E-state index contributed by atoms with van der Waals surface area (Å²) >= 11 is 0.784. The van der Waals surface area contributed by atoms with Gasteiger partial charge in [0, 0.05) is 16.9 Å². The van der Waals surface area contributed by atoms with E-state index in [1.54, 1.807) is 0 Å². The Labute approximate surface area is 112 Å². The quantitative estimate of drug-likeness (QED) is 0.756. The van der Waals surface area contributed by atoms with Crippen LogP contribution in [0.15, 0.2) is 53.4 Å². The van der Waals surface area contributed by atoms with E-state index < -0.39 is 0 Å². The third-order valence-corrected chi connectivity index (χ3v) is 3.34. The molecular formula is C16H16OS. The summed E-state index contributed by atoms with van der Waals surface area (Å²) in [4.78, 5) is 0.864. The second kappa shape index (κ2) is 5.89. The number of hydrogen-bond donors (Lipinski definition) is 1. The maximum absolute atomic E-state index is 9.12. The highest BCUT2D eigenvalue weighted by molar-refractivity contribution is 7.93. The topological polar surface area (TPSA) is 20.2 Å². The molecule has 0 aromatic heterocycles. The van der Waals surface area contributed by atoms with E-state index in [2.05, 4.69) is 37.3 Å². The molecule has 2 aromatic rings. The van der Waals surface area contributed by atoms with Crippen molar-refractivity contribution in [2.45, 2.75) is 18.7 Å². The van der Waals surface area contributed by atoms with Gasteiger partial charge in [0.1, 0.15) is 0 Å². The predicted octanol–water partition coefficient (Wildman–Crippen LogP) is 5.26. The molecule has 2 aromatic carbocycles. The van der Waals surface area contributed by atoms with Crippen LogP contribution < -0.4 is 0 Å². The van der Waals surface area contributed by atoms with Crippen LogP contribution in [0.25, 0.3) is 17.2 Å². The molecule has 0 aliphatic rings. The summed E-state index contributed by atoms with van der Waals surface area (Å²) < 4.78 is 9.12. The van der Waals surface area contributed by atoms with E-state index in [1.165, 1.54) is 16.7 Å². The Kier molecular flexibility index (Phi) is 4.24. The lowest BCUT2D eigenvalue weighted by Crippen LogP contribution is -1.85. The molecule has 0 aliphatic heterocycles. The van der Waals surface area contributed by atoms with Crippen molar-refractivity contribution in [1.29, 1.82) is 0 Å². The van der Waals surface area contributed by atoms with Gasteiger partial charge in [-0.1, -0.05) is 36.4 Å². The zero-order valence-electron chi connectivity index (χ0n) is 10.6. The maximum Gasteiger partial charge on any atom is 0.0356 e. The van der Waals surface area contributed by atoms with Crippen molar-refractivity contribution in [3.8, 4) is 11.1 Å². The van der Waals surface area contributed by atoms with E-state index in [9.17, 15) is 0 Å². The molecule has 0 saturated carbocycles. The lowest BCUT2D eigenvalue weighted by Gasteiger charge is -2.08. The molecule has 1 nitrogen and oxygen atoms in total. The molecule has 2 heteroatoms. The Hall–Kier alpha value is -1.51. The highest BCUT2D eigenvalue weighted by Crippen LogP contribution is 2.28. The zero-order valence-corrected chi connectivity index (χ0v) is 11.4. The molecule has 18 heavy (non-hydrogen) atoms. The standard InChI is InChI=1S/C16H16OS/c1-3-5-13-9-8-12(2)16(10-13)14-6-4-7-15(11-14)18-17/h3-11,17H,1-2H3/b5-3+. The minimum Gasteiger partial charge on any atom is -0.325 e. The van der Waals surface area contributed by atoms with Crippen molar-refractivity contribution in [3.05, 3.63) is 59.7 Å². The van der Waals surface area contributed by atoms with E-state index in [4.69, 9.17) is 4.55 Å². The van der Waals surface area contributed by atoms with Crippen LogP contribution in [0.4, 0.5) is 0 Å². The summed E-state index contributed by atoms with van der Waals surface area (Å²) in [5.74, 6) is 0. The van der Waals surface area contributed by atoms with Crippen molar-refractivity contribution < 1.29 is 4.55 Å². The smallest absolute Gasteiger partial charge is 0.0356 e. The number of hydrogen-bond acceptors (Lipinski definition) is 2. The maximum atomic E-state index is 9.12. The fourth-order valence-electron chi connectivity index (χ4n) is 1.97. The minimum atomic E-state index is 0.784. The largest absolute Gasteiger partial charge is 0.325 e. The van der Waals surface area contributed by atoms with E-state index in [-0.39, 0.29) is 0 Å². The fourth-order valence-corrected chi connectivity index (χ4v) is 2.29. The van der Waals surface area contributed by atoms with Crippen LogP contribution in [0.5, 0.6) is 0 Å². The van der Waals surface area contributed by atoms with E-state index in [1.807, 2.05) is 31.2 Å². The summed E-state index contributed by atoms with van der Waals surface area (Å²) in [6, 6.07) is 14.4. The predicted molar refractivity (Wildman–Crippen MR) is 79.8 cm³/mol. The molecule has 0 unspecified atom stereocenters. The van der Waals surface area contributed by atoms with Crippen molar-refractivity contribution in [2.75, 3.05) is 0 Å². The zero-order chi connectivity index (χ0) is 13.0. The number of benzene rings is 2. The molecule has 0 spiro atoms. The van der Waals surface area contributed by atoms with E-state index in [0.29, 0.717) is 0 Å². The third kappa shape index (κ3) is 2.84. The summed E-state index contributed by atoms with van der Waals surface area (Å²) in [7, 11) is 0.